The molecule has 0 bridgehead atoms. The molecule has 0 saturated heterocycles. The lowest BCUT2D eigenvalue weighted by Gasteiger charge is -2.43. The summed E-state index contributed by atoms with van der Waals surface area (Å²) in [5.41, 5.74) is 2.19. The van der Waals surface area contributed by atoms with Crippen LogP contribution in [0, 0.1) is 5.41 Å². The van der Waals surface area contributed by atoms with Crippen molar-refractivity contribution in [3.05, 3.63) is 17.0 Å². The van der Waals surface area contributed by atoms with Crippen molar-refractivity contribution in [2.75, 3.05) is 6.54 Å². The molecule has 2 atom stereocenters. The molecule has 1 fully saturated rings. The number of thioether (sulfide) groups is 1. The molecule has 1 unspecified atom stereocenters. The van der Waals surface area contributed by atoms with E-state index in [0.29, 0.717) is 11.5 Å². The lowest BCUT2D eigenvalue weighted by molar-refractivity contribution is 0.118. The Morgan fingerprint density at radius 3 is 2.94 bits per heavy atom. The number of hydrogen-bond donors (Lipinski definition) is 1. The van der Waals surface area contributed by atoms with Gasteiger partial charge < -0.3 is 5.32 Å². The monoisotopic (exact) mass is 281 g/mol. The molecule has 2 aliphatic rings. The summed E-state index contributed by atoms with van der Waals surface area (Å²) in [6.45, 7) is 5.94. The Morgan fingerprint density at radius 1 is 1.44 bits per heavy atom. The van der Waals surface area contributed by atoms with Crippen molar-refractivity contribution in [2.45, 2.75) is 61.5 Å². The molecular weight excluding hydrogens is 258 g/mol. The lowest BCUT2D eigenvalue weighted by atomic mass is 9.67. The van der Waals surface area contributed by atoms with Crippen LogP contribution < -0.4 is 5.32 Å². The van der Waals surface area contributed by atoms with E-state index in [0.717, 1.165) is 5.25 Å². The molecule has 1 nitrogen and oxygen atoms in total. The highest BCUT2D eigenvalue weighted by Crippen LogP contribution is 2.46. The summed E-state index contributed by atoms with van der Waals surface area (Å²) in [6, 6.07) is 2.93. The molecule has 18 heavy (non-hydrogen) atoms. The molecule has 3 heteroatoms. The predicted molar refractivity (Wildman–Crippen MR) is 81.6 cm³/mol. The maximum atomic E-state index is 3.88. The van der Waals surface area contributed by atoms with Crippen LogP contribution in [0.5, 0.6) is 0 Å². The van der Waals surface area contributed by atoms with Crippen LogP contribution in [0.15, 0.2) is 15.7 Å². The fourth-order valence-corrected chi connectivity index (χ4v) is 5.78. The molecule has 1 N–H and O–H groups in total. The molecule has 0 aromatic carbocycles. The van der Waals surface area contributed by atoms with Gasteiger partial charge in [0.25, 0.3) is 0 Å². The van der Waals surface area contributed by atoms with E-state index < -0.39 is 0 Å². The number of fused-ring (bicyclic) bond motifs is 1. The average molecular weight is 281 g/mol. The maximum Gasteiger partial charge on any atom is 0.0649 e. The largest absolute Gasteiger partial charge is 0.309 e. The number of hydrogen-bond acceptors (Lipinski definition) is 3. The van der Waals surface area contributed by atoms with Gasteiger partial charge in [-0.3, -0.25) is 0 Å². The second-order valence-electron chi connectivity index (χ2n) is 5.97. The SMILES string of the molecule is CCC1(CNC2C[C@H](C)Sc3sccc32)CCC1. The Balaban J connectivity index is 1.67. The van der Waals surface area contributed by atoms with Gasteiger partial charge in [-0.1, -0.05) is 20.3 Å². The number of thiophene rings is 1. The standard InChI is InChI=1S/C15H23NS2/c1-3-15(6-4-7-15)10-16-13-9-11(2)18-14-12(13)5-8-17-14/h5,8,11,13,16H,3-4,6-7,9-10H2,1-2H3/t11-,13?/m0/s1. The highest BCUT2D eigenvalue weighted by Gasteiger charge is 2.36. The smallest absolute Gasteiger partial charge is 0.0649 e. The van der Waals surface area contributed by atoms with Crippen LogP contribution in [0.4, 0.5) is 0 Å². The van der Waals surface area contributed by atoms with Crippen LogP contribution in [0.2, 0.25) is 0 Å². The first-order valence-electron chi connectivity index (χ1n) is 7.20. The first kappa shape index (κ1) is 13.0. The van der Waals surface area contributed by atoms with E-state index in [-0.39, 0.29) is 0 Å². The molecule has 0 radical (unpaired) electrons. The second-order valence-corrected chi connectivity index (χ2v) is 8.59. The third-order valence-corrected chi connectivity index (χ3v) is 7.14. The van der Waals surface area contributed by atoms with Crippen molar-refractivity contribution >= 4 is 23.1 Å². The normalized spacial score (nSPS) is 29.7. The fourth-order valence-electron chi connectivity index (χ4n) is 3.21. The quantitative estimate of drug-likeness (QED) is 0.847. The predicted octanol–water partition coefficient (Wildman–Crippen LogP) is 4.84. The van der Waals surface area contributed by atoms with Gasteiger partial charge in [-0.15, -0.1) is 23.1 Å². The van der Waals surface area contributed by atoms with Gasteiger partial charge in [-0.2, -0.15) is 0 Å². The van der Waals surface area contributed by atoms with Crippen LogP contribution >= 0.6 is 23.1 Å². The topological polar surface area (TPSA) is 12.0 Å². The van der Waals surface area contributed by atoms with Crippen LogP contribution in [0.3, 0.4) is 0 Å². The molecule has 0 spiro atoms. The highest BCUT2D eigenvalue weighted by atomic mass is 32.2. The average Bonchev–Trinajstić information content (AvgIpc) is 2.75. The van der Waals surface area contributed by atoms with Crippen molar-refractivity contribution in [3.8, 4) is 0 Å². The van der Waals surface area contributed by atoms with Gasteiger partial charge in [0.2, 0.25) is 0 Å². The number of nitrogens with one attached hydrogen (secondary N) is 1. The van der Waals surface area contributed by atoms with Gasteiger partial charge in [0.1, 0.15) is 0 Å². The second kappa shape index (κ2) is 5.18. The highest BCUT2D eigenvalue weighted by molar-refractivity contribution is 8.01. The summed E-state index contributed by atoms with van der Waals surface area (Å²) in [4.78, 5) is 0. The summed E-state index contributed by atoms with van der Waals surface area (Å²) in [7, 11) is 0. The van der Waals surface area contributed by atoms with Crippen LogP contribution in [-0.2, 0) is 0 Å². The minimum Gasteiger partial charge on any atom is -0.309 e. The first-order valence-corrected chi connectivity index (χ1v) is 8.96. The summed E-state index contributed by atoms with van der Waals surface area (Å²) < 4.78 is 1.55. The van der Waals surface area contributed by atoms with E-state index in [1.807, 2.05) is 11.3 Å². The molecular formula is C15H23NS2. The van der Waals surface area contributed by atoms with Gasteiger partial charge in [0.15, 0.2) is 0 Å². The van der Waals surface area contributed by atoms with E-state index in [2.05, 4.69) is 42.4 Å². The molecule has 1 saturated carbocycles. The molecule has 1 aromatic heterocycles. The zero-order valence-electron chi connectivity index (χ0n) is 11.4. The lowest BCUT2D eigenvalue weighted by Crippen LogP contribution is -2.41. The Kier molecular flexibility index (Phi) is 3.75. The van der Waals surface area contributed by atoms with E-state index >= 15 is 0 Å². The zero-order valence-corrected chi connectivity index (χ0v) is 13.0. The Morgan fingerprint density at radius 2 is 2.28 bits per heavy atom. The van der Waals surface area contributed by atoms with E-state index in [4.69, 9.17) is 0 Å². The molecule has 2 heterocycles. The third kappa shape index (κ3) is 2.37. The van der Waals surface area contributed by atoms with E-state index in [1.165, 1.54) is 38.6 Å². The Bertz CT molecular complexity index is 403. The van der Waals surface area contributed by atoms with Crippen molar-refractivity contribution < 1.29 is 0 Å². The minimum absolute atomic E-state index is 0.603. The Labute approximate surface area is 119 Å². The fraction of sp³-hybridized carbons (Fsp3) is 0.733. The van der Waals surface area contributed by atoms with Crippen LogP contribution in [0.1, 0.15) is 57.6 Å². The molecule has 1 aliphatic carbocycles. The summed E-state index contributed by atoms with van der Waals surface area (Å²) in [6.07, 6.45) is 6.94. The molecule has 3 rings (SSSR count). The molecule has 100 valence electrons. The van der Waals surface area contributed by atoms with Gasteiger partial charge in [0.05, 0.1) is 4.21 Å². The first-order chi connectivity index (χ1) is 8.72. The summed E-state index contributed by atoms with van der Waals surface area (Å²) in [5.74, 6) is 0. The third-order valence-electron chi connectivity index (χ3n) is 4.80. The van der Waals surface area contributed by atoms with Crippen LogP contribution in [0.25, 0.3) is 0 Å². The molecule has 1 aliphatic heterocycles. The van der Waals surface area contributed by atoms with E-state index in [1.54, 1.807) is 9.77 Å². The van der Waals surface area contributed by atoms with Crippen molar-refractivity contribution in [1.82, 2.24) is 5.32 Å². The van der Waals surface area contributed by atoms with Gasteiger partial charge >= 0.3 is 0 Å². The van der Waals surface area contributed by atoms with Crippen molar-refractivity contribution in [2.24, 2.45) is 5.41 Å². The zero-order chi connectivity index (χ0) is 12.6. The van der Waals surface area contributed by atoms with Crippen molar-refractivity contribution in [1.29, 1.82) is 0 Å². The summed E-state index contributed by atoms with van der Waals surface area (Å²) >= 11 is 3.97. The molecule has 0 amide bonds. The van der Waals surface area contributed by atoms with Gasteiger partial charge in [0, 0.05) is 17.8 Å². The van der Waals surface area contributed by atoms with Crippen LogP contribution in [-0.4, -0.2) is 11.8 Å². The maximum absolute atomic E-state index is 3.88. The van der Waals surface area contributed by atoms with Gasteiger partial charge in [-0.05, 0) is 48.1 Å². The van der Waals surface area contributed by atoms with Gasteiger partial charge in [-0.25, -0.2) is 0 Å². The van der Waals surface area contributed by atoms with E-state index in [9.17, 15) is 0 Å². The number of rotatable bonds is 4. The Hall–Kier alpha value is 0.0100. The van der Waals surface area contributed by atoms with Crippen molar-refractivity contribution in [3.63, 3.8) is 0 Å². The minimum atomic E-state index is 0.603. The summed E-state index contributed by atoms with van der Waals surface area (Å²) in [5, 5.41) is 6.89. The molecule has 1 aromatic rings.